The smallest absolute Gasteiger partial charge is 0.308 e. The van der Waals surface area contributed by atoms with Crippen LogP contribution in [0.15, 0.2) is 0 Å². The van der Waals surface area contributed by atoms with Crippen molar-refractivity contribution in [2.24, 2.45) is 5.92 Å². The van der Waals surface area contributed by atoms with E-state index >= 15 is 0 Å². The molecule has 0 radical (unpaired) electrons. The van der Waals surface area contributed by atoms with E-state index in [4.69, 9.17) is 0 Å². The van der Waals surface area contributed by atoms with Gasteiger partial charge in [-0.1, -0.05) is 0 Å². The number of carbonyl (C=O) groups excluding carboxylic acids is 1. The maximum absolute atomic E-state index is 11.7. The van der Waals surface area contributed by atoms with Crippen LogP contribution < -0.4 is 4.72 Å². The Kier molecular flexibility index (Phi) is 4.94. The lowest BCUT2D eigenvalue weighted by Crippen LogP contribution is -2.41. The van der Waals surface area contributed by atoms with E-state index in [1.165, 1.54) is 7.11 Å². The number of rotatable bonds is 4. The van der Waals surface area contributed by atoms with Gasteiger partial charge in [0.2, 0.25) is 10.0 Å². The van der Waals surface area contributed by atoms with E-state index < -0.39 is 15.3 Å². The molecule has 6 heteroatoms. The molecule has 0 amide bonds. The van der Waals surface area contributed by atoms with Gasteiger partial charge in [-0.25, -0.2) is 13.1 Å². The highest BCUT2D eigenvalue weighted by Gasteiger charge is 2.29. The molecule has 0 aromatic heterocycles. The second-order valence-electron chi connectivity index (χ2n) is 4.78. The largest absolute Gasteiger partial charge is 0.469 e. The third-order valence-corrected chi connectivity index (χ3v) is 5.12. The molecule has 1 N–H and O–H groups in total. The van der Waals surface area contributed by atoms with Crippen LogP contribution >= 0.6 is 0 Å². The Morgan fingerprint density at radius 3 is 2.18 bits per heavy atom. The first-order valence-corrected chi connectivity index (χ1v) is 7.50. The Bertz CT molecular complexity index is 356. The average molecular weight is 263 g/mol. The number of methoxy groups -OCH3 is 1. The van der Waals surface area contributed by atoms with Crippen LogP contribution in [0.2, 0.25) is 0 Å². The molecule has 1 saturated carbocycles. The van der Waals surface area contributed by atoms with E-state index in [0.29, 0.717) is 25.7 Å². The lowest BCUT2D eigenvalue weighted by atomic mass is 9.86. The fourth-order valence-electron chi connectivity index (χ4n) is 1.98. The average Bonchev–Trinajstić information content (AvgIpc) is 2.28. The molecule has 1 fully saturated rings. The van der Waals surface area contributed by atoms with Crippen molar-refractivity contribution in [2.75, 3.05) is 7.11 Å². The molecule has 0 aliphatic heterocycles. The van der Waals surface area contributed by atoms with Gasteiger partial charge in [0.25, 0.3) is 0 Å². The van der Waals surface area contributed by atoms with Crippen LogP contribution in [0.3, 0.4) is 0 Å². The van der Waals surface area contributed by atoms with Crippen LogP contribution in [0.1, 0.15) is 39.5 Å². The van der Waals surface area contributed by atoms with Crippen LogP contribution in [-0.2, 0) is 19.6 Å². The Morgan fingerprint density at radius 2 is 1.76 bits per heavy atom. The minimum absolute atomic E-state index is 0.0386. The van der Waals surface area contributed by atoms with Crippen molar-refractivity contribution in [1.29, 1.82) is 0 Å². The van der Waals surface area contributed by atoms with Crippen molar-refractivity contribution in [1.82, 2.24) is 4.72 Å². The van der Waals surface area contributed by atoms with Gasteiger partial charge >= 0.3 is 5.97 Å². The van der Waals surface area contributed by atoms with Gasteiger partial charge in [0.15, 0.2) is 0 Å². The number of carbonyl (C=O) groups is 1. The lowest BCUT2D eigenvalue weighted by Gasteiger charge is -2.27. The second-order valence-corrected chi connectivity index (χ2v) is 7.05. The highest BCUT2D eigenvalue weighted by Crippen LogP contribution is 2.25. The first-order valence-electron chi connectivity index (χ1n) is 5.95. The van der Waals surface area contributed by atoms with E-state index in [9.17, 15) is 13.2 Å². The minimum Gasteiger partial charge on any atom is -0.469 e. The molecule has 0 heterocycles. The number of nitrogens with one attached hydrogen (secondary N) is 1. The van der Waals surface area contributed by atoms with Crippen LogP contribution in [0.4, 0.5) is 0 Å². The van der Waals surface area contributed by atoms with Gasteiger partial charge in [0.1, 0.15) is 0 Å². The summed E-state index contributed by atoms with van der Waals surface area (Å²) in [5.41, 5.74) is 0. The summed E-state index contributed by atoms with van der Waals surface area (Å²) >= 11 is 0. The van der Waals surface area contributed by atoms with Gasteiger partial charge in [0.05, 0.1) is 18.3 Å². The monoisotopic (exact) mass is 263 g/mol. The van der Waals surface area contributed by atoms with Crippen molar-refractivity contribution in [2.45, 2.75) is 50.8 Å². The molecular weight excluding hydrogens is 242 g/mol. The predicted molar refractivity (Wildman–Crippen MR) is 65.0 cm³/mol. The highest BCUT2D eigenvalue weighted by molar-refractivity contribution is 7.90. The summed E-state index contributed by atoms with van der Waals surface area (Å²) in [6.07, 6.45) is 2.79. The summed E-state index contributed by atoms with van der Waals surface area (Å²) in [6, 6.07) is -0.0386. The highest BCUT2D eigenvalue weighted by atomic mass is 32.2. The minimum atomic E-state index is -3.21. The first-order chi connectivity index (χ1) is 7.86. The summed E-state index contributed by atoms with van der Waals surface area (Å²) < 4.78 is 30.7. The zero-order valence-electron chi connectivity index (χ0n) is 10.6. The van der Waals surface area contributed by atoms with Crippen LogP contribution in [0.5, 0.6) is 0 Å². The molecule has 0 aromatic rings. The van der Waals surface area contributed by atoms with Gasteiger partial charge in [0, 0.05) is 6.04 Å². The van der Waals surface area contributed by atoms with Gasteiger partial charge in [-0.3, -0.25) is 4.79 Å². The molecule has 1 rings (SSSR count). The zero-order chi connectivity index (χ0) is 13.1. The summed E-state index contributed by atoms with van der Waals surface area (Å²) in [4.78, 5) is 11.3. The zero-order valence-corrected chi connectivity index (χ0v) is 11.4. The van der Waals surface area contributed by atoms with E-state index in [1.54, 1.807) is 13.8 Å². The summed E-state index contributed by atoms with van der Waals surface area (Å²) in [7, 11) is -1.82. The third kappa shape index (κ3) is 3.96. The maximum Gasteiger partial charge on any atom is 0.308 e. The summed E-state index contributed by atoms with van der Waals surface area (Å²) in [5, 5.41) is -0.416. The van der Waals surface area contributed by atoms with E-state index in [2.05, 4.69) is 9.46 Å². The molecule has 0 saturated heterocycles. The number of hydrogen-bond acceptors (Lipinski definition) is 4. The quantitative estimate of drug-likeness (QED) is 0.769. The fourth-order valence-corrected chi connectivity index (χ4v) is 2.95. The Hall–Kier alpha value is -0.620. The number of esters is 1. The first kappa shape index (κ1) is 14.4. The number of sulfonamides is 1. The Labute approximate surface area is 103 Å². The van der Waals surface area contributed by atoms with Crippen molar-refractivity contribution in [3.05, 3.63) is 0 Å². The summed E-state index contributed by atoms with van der Waals surface area (Å²) in [5.74, 6) is -0.255. The molecule has 0 unspecified atom stereocenters. The number of hydrogen-bond donors (Lipinski definition) is 1. The van der Waals surface area contributed by atoms with Crippen molar-refractivity contribution in [3.8, 4) is 0 Å². The molecule has 0 bridgehead atoms. The molecule has 17 heavy (non-hydrogen) atoms. The Balaban J connectivity index is 2.46. The molecule has 1 aliphatic rings. The predicted octanol–water partition coefficient (Wildman–Crippen LogP) is 1.05. The van der Waals surface area contributed by atoms with Gasteiger partial charge < -0.3 is 4.74 Å². The van der Waals surface area contributed by atoms with Gasteiger partial charge in [-0.05, 0) is 39.5 Å². The van der Waals surface area contributed by atoms with Crippen molar-refractivity contribution in [3.63, 3.8) is 0 Å². The SMILES string of the molecule is COC(=O)C1CCC(NS(=O)(=O)C(C)C)CC1. The normalized spacial score (nSPS) is 25.9. The third-order valence-electron chi connectivity index (χ3n) is 3.21. The summed E-state index contributed by atoms with van der Waals surface area (Å²) in [6.45, 7) is 3.31. The second kappa shape index (κ2) is 5.82. The Morgan fingerprint density at radius 1 is 1.24 bits per heavy atom. The topological polar surface area (TPSA) is 72.5 Å². The van der Waals surface area contributed by atoms with Crippen LogP contribution in [0, 0.1) is 5.92 Å². The van der Waals surface area contributed by atoms with E-state index in [1.807, 2.05) is 0 Å². The van der Waals surface area contributed by atoms with Crippen molar-refractivity contribution < 1.29 is 17.9 Å². The van der Waals surface area contributed by atoms with E-state index in [0.717, 1.165) is 0 Å². The van der Waals surface area contributed by atoms with Gasteiger partial charge in [-0.15, -0.1) is 0 Å². The molecule has 1 aliphatic carbocycles. The molecule has 0 atom stereocenters. The van der Waals surface area contributed by atoms with Crippen LogP contribution in [-0.4, -0.2) is 32.8 Å². The molecule has 0 spiro atoms. The van der Waals surface area contributed by atoms with Crippen molar-refractivity contribution >= 4 is 16.0 Å². The molecule has 5 nitrogen and oxygen atoms in total. The van der Waals surface area contributed by atoms with Crippen LogP contribution in [0.25, 0.3) is 0 Å². The van der Waals surface area contributed by atoms with E-state index in [-0.39, 0.29) is 17.9 Å². The fraction of sp³-hybridized carbons (Fsp3) is 0.909. The molecule has 0 aromatic carbocycles. The maximum atomic E-state index is 11.7. The molecule has 100 valence electrons. The lowest BCUT2D eigenvalue weighted by molar-refractivity contribution is -0.146. The van der Waals surface area contributed by atoms with Gasteiger partial charge in [-0.2, -0.15) is 0 Å². The standard InChI is InChI=1S/C11H21NO4S/c1-8(2)17(14,15)12-10-6-4-9(5-7-10)11(13)16-3/h8-10,12H,4-7H2,1-3H3. The number of ether oxygens (including phenoxy) is 1. The molecular formula is C11H21NO4S.